The van der Waals surface area contributed by atoms with Gasteiger partial charge in [0.2, 0.25) is 5.91 Å². The smallest absolute Gasteiger partial charge is 0.251 e. The van der Waals surface area contributed by atoms with Crippen molar-refractivity contribution in [2.24, 2.45) is 11.7 Å². The van der Waals surface area contributed by atoms with Crippen LogP contribution in [-0.4, -0.2) is 29.3 Å². The second-order valence-corrected chi connectivity index (χ2v) is 8.25. The van der Waals surface area contributed by atoms with E-state index in [1.165, 1.54) is 17.8 Å². The number of rotatable bonds is 8. The van der Waals surface area contributed by atoms with Crippen LogP contribution in [-0.2, 0) is 11.3 Å². The van der Waals surface area contributed by atoms with Gasteiger partial charge in [-0.05, 0) is 48.8 Å². The summed E-state index contributed by atoms with van der Waals surface area (Å²) < 4.78 is 5.99. The lowest BCUT2D eigenvalue weighted by molar-refractivity contribution is -0.117. The molecular weight excluding hydrogens is 350 g/mol. The molecular formula is C19H23N3O3S. The second kappa shape index (κ2) is 6.89. The number of carbonyl (C=O) groups is 2. The first kappa shape index (κ1) is 17.3. The summed E-state index contributed by atoms with van der Waals surface area (Å²) in [6.07, 6.45) is 3.41. The third-order valence-corrected chi connectivity index (χ3v) is 5.94. The molecule has 2 aliphatic carbocycles. The lowest BCUT2D eigenvalue weighted by Gasteiger charge is -2.20. The molecule has 4 rings (SSSR count). The van der Waals surface area contributed by atoms with Crippen molar-refractivity contribution in [3.05, 3.63) is 40.7 Å². The number of primary amides is 1. The minimum atomic E-state index is -0.530. The van der Waals surface area contributed by atoms with Crippen molar-refractivity contribution in [3.63, 3.8) is 0 Å². The van der Waals surface area contributed by atoms with Gasteiger partial charge in [-0.15, -0.1) is 11.3 Å². The molecule has 2 heterocycles. The van der Waals surface area contributed by atoms with Gasteiger partial charge in [-0.3, -0.25) is 14.5 Å². The lowest BCUT2D eigenvalue weighted by Crippen LogP contribution is -2.34. The van der Waals surface area contributed by atoms with Crippen LogP contribution in [0.15, 0.2) is 28.0 Å². The summed E-state index contributed by atoms with van der Waals surface area (Å²) in [5.41, 5.74) is 5.69. The Hall–Kier alpha value is -2.12. The molecule has 0 bridgehead atoms. The minimum Gasteiger partial charge on any atom is -0.464 e. The first-order valence-electron chi connectivity index (χ1n) is 9.01. The number of anilines is 1. The van der Waals surface area contributed by atoms with Crippen LogP contribution in [0.1, 0.15) is 54.0 Å². The summed E-state index contributed by atoms with van der Waals surface area (Å²) in [6.45, 7) is 3.14. The maximum atomic E-state index is 12.5. The molecule has 2 atom stereocenters. The van der Waals surface area contributed by atoms with Gasteiger partial charge in [0.1, 0.15) is 16.5 Å². The molecule has 2 saturated carbocycles. The van der Waals surface area contributed by atoms with Crippen LogP contribution in [0.4, 0.5) is 5.00 Å². The quantitative estimate of drug-likeness (QED) is 0.744. The Bertz CT molecular complexity index is 824. The summed E-state index contributed by atoms with van der Waals surface area (Å²) >= 11 is 1.31. The van der Waals surface area contributed by atoms with Gasteiger partial charge < -0.3 is 15.5 Å². The minimum absolute atomic E-state index is 0.135. The predicted molar refractivity (Wildman–Crippen MR) is 100 cm³/mol. The summed E-state index contributed by atoms with van der Waals surface area (Å²) in [6, 6.07) is 6.15. The first-order chi connectivity index (χ1) is 12.5. The highest BCUT2D eigenvalue weighted by Gasteiger charge is 2.37. The van der Waals surface area contributed by atoms with Crippen molar-refractivity contribution in [1.82, 2.24) is 4.90 Å². The molecule has 3 N–H and O–H groups in total. The maximum absolute atomic E-state index is 12.5. The van der Waals surface area contributed by atoms with E-state index in [4.69, 9.17) is 10.2 Å². The van der Waals surface area contributed by atoms with Crippen LogP contribution >= 0.6 is 11.3 Å². The molecule has 2 aromatic heterocycles. The Balaban J connectivity index is 1.37. The van der Waals surface area contributed by atoms with E-state index in [1.54, 1.807) is 11.4 Å². The van der Waals surface area contributed by atoms with E-state index in [-0.39, 0.29) is 12.5 Å². The summed E-state index contributed by atoms with van der Waals surface area (Å²) in [7, 11) is 0. The van der Waals surface area contributed by atoms with Crippen LogP contribution in [0.2, 0.25) is 0 Å². The Kier molecular flexibility index (Phi) is 4.58. The third-order valence-electron chi connectivity index (χ3n) is 5.11. The van der Waals surface area contributed by atoms with Crippen molar-refractivity contribution in [2.75, 3.05) is 11.9 Å². The Labute approximate surface area is 156 Å². The number of hydrogen-bond acceptors (Lipinski definition) is 5. The van der Waals surface area contributed by atoms with Crippen LogP contribution in [0, 0.1) is 5.92 Å². The average molecular weight is 373 g/mol. The van der Waals surface area contributed by atoms with Crippen LogP contribution in [0.3, 0.4) is 0 Å². The summed E-state index contributed by atoms with van der Waals surface area (Å²) in [4.78, 5) is 26.0. The lowest BCUT2D eigenvalue weighted by atomic mass is 10.3. The summed E-state index contributed by atoms with van der Waals surface area (Å²) in [5.74, 6) is 2.59. The molecule has 6 nitrogen and oxygen atoms in total. The van der Waals surface area contributed by atoms with Gasteiger partial charge in [0, 0.05) is 12.0 Å². The Morgan fingerprint density at radius 3 is 2.77 bits per heavy atom. The molecule has 26 heavy (non-hydrogen) atoms. The highest BCUT2D eigenvalue weighted by Crippen LogP contribution is 2.47. The van der Waals surface area contributed by atoms with E-state index < -0.39 is 5.91 Å². The van der Waals surface area contributed by atoms with Gasteiger partial charge in [0.05, 0.1) is 18.7 Å². The highest BCUT2D eigenvalue weighted by atomic mass is 32.1. The molecule has 2 aromatic rings. The monoisotopic (exact) mass is 373 g/mol. The largest absolute Gasteiger partial charge is 0.464 e. The summed E-state index contributed by atoms with van der Waals surface area (Å²) in [5, 5.41) is 5.08. The number of thiophene rings is 1. The molecule has 0 spiro atoms. The SMILES string of the molecule is CC1CC1c1ccc(CN(CC(=O)Nc2sccc2C(N)=O)C2CC2)o1. The fourth-order valence-corrected chi connectivity index (χ4v) is 4.11. The average Bonchev–Trinajstić information content (AvgIpc) is 3.46. The standard InChI is InChI=1S/C19H23N3O3S/c1-11-8-15(11)16-5-4-13(25-16)9-22(12-2-3-12)10-17(23)21-19-14(18(20)24)6-7-26-19/h4-7,11-12,15H,2-3,8-10H2,1H3,(H2,20,24)(H,21,23). The molecule has 0 aromatic carbocycles. The van der Waals surface area contributed by atoms with Gasteiger partial charge in [-0.2, -0.15) is 0 Å². The van der Waals surface area contributed by atoms with Gasteiger partial charge in [0.25, 0.3) is 5.91 Å². The van der Waals surface area contributed by atoms with E-state index in [9.17, 15) is 9.59 Å². The fourth-order valence-electron chi connectivity index (χ4n) is 3.30. The molecule has 2 amide bonds. The third kappa shape index (κ3) is 3.83. The van der Waals surface area contributed by atoms with Crippen LogP contribution < -0.4 is 11.1 Å². The second-order valence-electron chi connectivity index (χ2n) is 7.34. The molecule has 0 saturated heterocycles. The number of hydrogen-bond donors (Lipinski definition) is 2. The number of nitrogens with two attached hydrogens (primary N) is 1. The number of amides is 2. The Morgan fingerprint density at radius 1 is 1.35 bits per heavy atom. The molecule has 7 heteroatoms. The van der Waals surface area contributed by atoms with Gasteiger partial charge in [-0.25, -0.2) is 0 Å². The van der Waals surface area contributed by atoms with Gasteiger partial charge in [0.15, 0.2) is 0 Å². The molecule has 0 aliphatic heterocycles. The predicted octanol–water partition coefficient (Wildman–Crippen LogP) is 3.17. The molecule has 138 valence electrons. The molecule has 2 unspecified atom stereocenters. The van der Waals surface area contributed by atoms with Gasteiger partial charge >= 0.3 is 0 Å². The van der Waals surface area contributed by atoms with E-state index in [0.29, 0.717) is 35.0 Å². The van der Waals surface area contributed by atoms with Gasteiger partial charge in [-0.1, -0.05) is 6.92 Å². The number of furan rings is 1. The molecule has 0 radical (unpaired) electrons. The normalized spacial score (nSPS) is 21.8. The van der Waals surface area contributed by atoms with Crippen molar-refractivity contribution in [1.29, 1.82) is 0 Å². The topological polar surface area (TPSA) is 88.6 Å². The number of nitrogens with one attached hydrogen (secondary N) is 1. The zero-order valence-corrected chi connectivity index (χ0v) is 15.6. The molecule has 2 aliphatic rings. The van der Waals surface area contributed by atoms with Crippen molar-refractivity contribution >= 4 is 28.2 Å². The maximum Gasteiger partial charge on any atom is 0.251 e. The zero-order chi connectivity index (χ0) is 18.3. The highest BCUT2D eigenvalue weighted by molar-refractivity contribution is 7.14. The van der Waals surface area contributed by atoms with E-state index in [2.05, 4.69) is 23.2 Å². The first-order valence-corrected chi connectivity index (χ1v) is 9.89. The van der Waals surface area contributed by atoms with Crippen molar-refractivity contribution in [2.45, 2.75) is 44.7 Å². The van der Waals surface area contributed by atoms with Crippen molar-refractivity contribution < 1.29 is 14.0 Å². The molecule has 2 fully saturated rings. The van der Waals surface area contributed by atoms with E-state index >= 15 is 0 Å². The Morgan fingerprint density at radius 2 is 2.12 bits per heavy atom. The number of carbonyl (C=O) groups excluding carboxylic acids is 2. The van der Waals surface area contributed by atoms with E-state index in [0.717, 1.165) is 24.4 Å². The van der Waals surface area contributed by atoms with E-state index in [1.807, 2.05) is 6.07 Å². The fraction of sp³-hybridized carbons (Fsp3) is 0.474. The van der Waals surface area contributed by atoms with Crippen LogP contribution in [0.5, 0.6) is 0 Å². The zero-order valence-electron chi connectivity index (χ0n) is 14.7. The van der Waals surface area contributed by atoms with Crippen molar-refractivity contribution in [3.8, 4) is 0 Å². The number of nitrogens with zero attached hydrogens (tertiary/aromatic N) is 1. The van der Waals surface area contributed by atoms with Crippen LogP contribution in [0.25, 0.3) is 0 Å².